The lowest BCUT2D eigenvalue weighted by molar-refractivity contribution is 0.0493. The highest BCUT2D eigenvalue weighted by atomic mass is 16.5. The van der Waals surface area contributed by atoms with Gasteiger partial charge in [-0.3, -0.25) is 9.69 Å². The standard InChI is InChI=1S/C33H39N5O4/c1-23-3-2-4-26(19-23)30-22-37(27-13-17-41-18-14-27)33(40)38(30)28-11-15-36(16-12-28)21-24-5-10-31(35-20-24)42-29-8-6-25(7-9-29)32(34)39/h2-10,19-20,27-28,30H,11-18,21-22H2,1H3,(H2,34,39). The number of hydrogen-bond acceptors (Lipinski definition) is 6. The van der Waals surface area contributed by atoms with Crippen molar-refractivity contribution in [2.75, 3.05) is 32.8 Å². The van der Waals surface area contributed by atoms with Crippen molar-refractivity contribution < 1.29 is 19.1 Å². The van der Waals surface area contributed by atoms with Gasteiger partial charge in [-0.25, -0.2) is 9.78 Å². The SMILES string of the molecule is Cc1cccc(C2CN(C3CCOCC3)C(=O)N2C2CCN(Cc3ccc(Oc4ccc(C(N)=O)cc4)nc3)CC2)c1. The molecule has 0 bridgehead atoms. The first-order chi connectivity index (χ1) is 20.4. The van der Waals surface area contributed by atoms with Gasteiger partial charge in [-0.05, 0) is 68.0 Å². The number of benzene rings is 2. The molecule has 0 aliphatic carbocycles. The number of likely N-dealkylation sites (tertiary alicyclic amines) is 1. The van der Waals surface area contributed by atoms with Crippen molar-refractivity contribution in [3.05, 3.63) is 89.1 Å². The van der Waals surface area contributed by atoms with E-state index in [1.54, 1.807) is 24.3 Å². The predicted molar refractivity (Wildman–Crippen MR) is 159 cm³/mol. The third kappa shape index (κ3) is 6.27. The topological polar surface area (TPSA) is 101 Å². The Labute approximate surface area is 247 Å². The fraction of sp³-hybridized carbons (Fsp3) is 0.424. The number of piperidine rings is 1. The van der Waals surface area contributed by atoms with E-state index in [1.165, 1.54) is 11.1 Å². The highest BCUT2D eigenvalue weighted by Crippen LogP contribution is 2.37. The summed E-state index contributed by atoms with van der Waals surface area (Å²) in [6.45, 7) is 6.99. The third-order valence-corrected chi connectivity index (χ3v) is 8.75. The average molecular weight is 570 g/mol. The zero-order valence-electron chi connectivity index (χ0n) is 24.2. The molecule has 2 aromatic carbocycles. The van der Waals surface area contributed by atoms with E-state index in [2.05, 4.69) is 50.9 Å². The second-order valence-electron chi connectivity index (χ2n) is 11.6. The van der Waals surface area contributed by atoms with Crippen LogP contribution in [0.5, 0.6) is 11.6 Å². The number of urea groups is 1. The fourth-order valence-electron chi connectivity index (χ4n) is 6.48. The normalized spacial score (nSPS) is 20.7. The van der Waals surface area contributed by atoms with Gasteiger partial charge in [0.15, 0.2) is 0 Å². The molecule has 9 nitrogen and oxygen atoms in total. The molecule has 220 valence electrons. The number of pyridine rings is 1. The van der Waals surface area contributed by atoms with Crippen LogP contribution < -0.4 is 10.5 Å². The lowest BCUT2D eigenvalue weighted by Gasteiger charge is -2.39. The Bertz CT molecular complexity index is 1380. The molecule has 2 N–H and O–H groups in total. The van der Waals surface area contributed by atoms with Gasteiger partial charge >= 0.3 is 6.03 Å². The van der Waals surface area contributed by atoms with Crippen LogP contribution in [0.3, 0.4) is 0 Å². The summed E-state index contributed by atoms with van der Waals surface area (Å²) in [7, 11) is 0. The van der Waals surface area contributed by atoms with Gasteiger partial charge < -0.3 is 25.0 Å². The Hall–Kier alpha value is -3.95. The Morgan fingerprint density at radius 2 is 1.76 bits per heavy atom. The number of primary amides is 1. The van der Waals surface area contributed by atoms with Crippen LogP contribution in [0, 0.1) is 6.92 Å². The molecule has 9 heteroatoms. The van der Waals surface area contributed by atoms with E-state index in [1.807, 2.05) is 18.3 Å². The quantitative estimate of drug-likeness (QED) is 0.414. The number of amides is 3. The van der Waals surface area contributed by atoms with Gasteiger partial charge in [0.25, 0.3) is 0 Å². The van der Waals surface area contributed by atoms with Crippen LogP contribution in [-0.2, 0) is 11.3 Å². The molecule has 1 unspecified atom stereocenters. The predicted octanol–water partition coefficient (Wildman–Crippen LogP) is 4.90. The van der Waals surface area contributed by atoms with Crippen molar-refractivity contribution in [3.63, 3.8) is 0 Å². The van der Waals surface area contributed by atoms with Gasteiger partial charge in [-0.1, -0.05) is 35.9 Å². The molecular weight excluding hydrogens is 530 g/mol. The number of rotatable bonds is 8. The molecule has 4 heterocycles. The number of nitrogens with two attached hydrogens (primary N) is 1. The van der Waals surface area contributed by atoms with Crippen molar-refractivity contribution in [1.29, 1.82) is 0 Å². The van der Waals surface area contributed by atoms with Crippen LogP contribution in [0.2, 0.25) is 0 Å². The van der Waals surface area contributed by atoms with Crippen LogP contribution in [0.1, 0.15) is 58.8 Å². The minimum Gasteiger partial charge on any atom is -0.439 e. The van der Waals surface area contributed by atoms with Crippen LogP contribution in [-0.4, -0.2) is 76.6 Å². The maximum absolute atomic E-state index is 13.9. The highest BCUT2D eigenvalue weighted by Gasteiger charge is 2.45. The number of carbonyl (C=O) groups excluding carboxylic acids is 2. The lowest BCUT2D eigenvalue weighted by atomic mass is 9.98. The zero-order valence-corrected chi connectivity index (χ0v) is 24.2. The summed E-state index contributed by atoms with van der Waals surface area (Å²) in [4.78, 5) is 36.4. The summed E-state index contributed by atoms with van der Waals surface area (Å²) in [5.41, 5.74) is 9.32. The molecule has 3 fully saturated rings. The second-order valence-corrected chi connectivity index (χ2v) is 11.6. The first kappa shape index (κ1) is 28.2. The highest BCUT2D eigenvalue weighted by molar-refractivity contribution is 5.92. The maximum Gasteiger partial charge on any atom is 0.321 e. The van der Waals surface area contributed by atoms with Gasteiger partial charge in [0.2, 0.25) is 11.8 Å². The summed E-state index contributed by atoms with van der Waals surface area (Å²) in [6, 6.07) is 20.0. The Kier molecular flexibility index (Phi) is 8.39. The average Bonchev–Trinajstić information content (AvgIpc) is 3.36. The van der Waals surface area contributed by atoms with E-state index in [0.29, 0.717) is 17.2 Å². The Balaban J connectivity index is 1.07. The minimum atomic E-state index is -0.469. The van der Waals surface area contributed by atoms with E-state index in [9.17, 15) is 9.59 Å². The largest absolute Gasteiger partial charge is 0.439 e. The number of aromatic nitrogens is 1. The van der Waals surface area contributed by atoms with Gasteiger partial charge in [0.05, 0.1) is 6.04 Å². The molecular formula is C33H39N5O4. The number of carbonyl (C=O) groups is 2. The van der Waals surface area contributed by atoms with Crippen molar-refractivity contribution in [2.45, 2.75) is 57.3 Å². The van der Waals surface area contributed by atoms with Gasteiger partial charge in [0.1, 0.15) is 5.75 Å². The maximum atomic E-state index is 13.9. The van der Waals surface area contributed by atoms with Gasteiger partial charge in [0, 0.05) is 69.3 Å². The molecule has 0 radical (unpaired) electrons. The van der Waals surface area contributed by atoms with E-state index < -0.39 is 5.91 Å². The molecule has 0 spiro atoms. The van der Waals surface area contributed by atoms with Crippen molar-refractivity contribution in [3.8, 4) is 11.6 Å². The first-order valence-electron chi connectivity index (χ1n) is 14.9. The van der Waals surface area contributed by atoms with Crippen molar-refractivity contribution in [2.24, 2.45) is 5.73 Å². The Morgan fingerprint density at radius 1 is 1.00 bits per heavy atom. The molecule has 3 aliphatic rings. The molecule has 1 atom stereocenters. The summed E-state index contributed by atoms with van der Waals surface area (Å²) in [5.74, 6) is 0.620. The molecule has 3 aliphatic heterocycles. The van der Waals surface area contributed by atoms with Gasteiger partial charge in [-0.15, -0.1) is 0 Å². The zero-order chi connectivity index (χ0) is 29.1. The van der Waals surface area contributed by atoms with E-state index >= 15 is 0 Å². The molecule has 0 saturated carbocycles. The number of ether oxygens (including phenoxy) is 2. The van der Waals surface area contributed by atoms with E-state index in [-0.39, 0.29) is 24.2 Å². The first-order valence-corrected chi connectivity index (χ1v) is 14.9. The van der Waals surface area contributed by atoms with Crippen LogP contribution >= 0.6 is 0 Å². The minimum absolute atomic E-state index is 0.0838. The van der Waals surface area contributed by atoms with E-state index in [4.69, 9.17) is 15.2 Å². The van der Waals surface area contributed by atoms with Crippen molar-refractivity contribution in [1.82, 2.24) is 19.7 Å². The number of nitrogens with zero attached hydrogens (tertiary/aromatic N) is 4. The van der Waals surface area contributed by atoms with Crippen LogP contribution in [0.15, 0.2) is 66.9 Å². The van der Waals surface area contributed by atoms with Crippen LogP contribution in [0.4, 0.5) is 4.79 Å². The number of aryl methyl sites for hydroxylation is 1. The molecule has 3 saturated heterocycles. The molecule has 3 aromatic rings. The molecule has 1 aromatic heterocycles. The van der Waals surface area contributed by atoms with Gasteiger partial charge in [-0.2, -0.15) is 0 Å². The van der Waals surface area contributed by atoms with Crippen LogP contribution in [0.25, 0.3) is 0 Å². The summed E-state index contributed by atoms with van der Waals surface area (Å²) in [5, 5.41) is 0. The smallest absolute Gasteiger partial charge is 0.321 e. The van der Waals surface area contributed by atoms with Crippen molar-refractivity contribution >= 4 is 11.9 Å². The second kappa shape index (κ2) is 12.5. The lowest BCUT2D eigenvalue weighted by Crippen LogP contribution is -2.48. The number of hydrogen-bond donors (Lipinski definition) is 1. The third-order valence-electron chi connectivity index (χ3n) is 8.75. The monoisotopic (exact) mass is 569 g/mol. The fourth-order valence-corrected chi connectivity index (χ4v) is 6.48. The Morgan fingerprint density at radius 3 is 2.43 bits per heavy atom. The summed E-state index contributed by atoms with van der Waals surface area (Å²) in [6.07, 6.45) is 5.58. The summed E-state index contributed by atoms with van der Waals surface area (Å²) < 4.78 is 11.4. The summed E-state index contributed by atoms with van der Waals surface area (Å²) >= 11 is 0. The van der Waals surface area contributed by atoms with E-state index in [0.717, 1.165) is 70.6 Å². The molecule has 6 rings (SSSR count). The molecule has 3 amide bonds. The molecule has 42 heavy (non-hydrogen) atoms.